The molecule has 20 heavy (non-hydrogen) atoms. The SMILES string of the molecule is CCCN(CC(NC)c1ccccc1OCC)C(C)C. The second-order valence-corrected chi connectivity index (χ2v) is 5.40. The zero-order chi connectivity index (χ0) is 15.0. The van der Waals surface area contributed by atoms with Crippen molar-refractivity contribution in [3.05, 3.63) is 29.8 Å². The lowest BCUT2D eigenvalue weighted by Crippen LogP contribution is -2.38. The molecule has 0 aromatic heterocycles. The number of hydrogen-bond acceptors (Lipinski definition) is 3. The predicted molar refractivity (Wildman–Crippen MR) is 86.4 cm³/mol. The van der Waals surface area contributed by atoms with Crippen LogP contribution in [0.4, 0.5) is 0 Å². The van der Waals surface area contributed by atoms with Crippen LogP contribution in [-0.4, -0.2) is 37.7 Å². The van der Waals surface area contributed by atoms with Crippen LogP contribution in [0.1, 0.15) is 45.7 Å². The summed E-state index contributed by atoms with van der Waals surface area (Å²) in [5.74, 6) is 0.995. The third kappa shape index (κ3) is 4.80. The number of benzene rings is 1. The van der Waals surface area contributed by atoms with E-state index in [1.54, 1.807) is 0 Å². The highest BCUT2D eigenvalue weighted by Gasteiger charge is 2.19. The van der Waals surface area contributed by atoms with Gasteiger partial charge in [0.15, 0.2) is 0 Å². The predicted octanol–water partition coefficient (Wildman–Crippen LogP) is 3.47. The quantitative estimate of drug-likeness (QED) is 0.748. The fraction of sp³-hybridized carbons (Fsp3) is 0.647. The Morgan fingerprint density at radius 2 is 1.90 bits per heavy atom. The lowest BCUT2D eigenvalue weighted by atomic mass is 10.0. The molecule has 1 rings (SSSR count). The van der Waals surface area contributed by atoms with Crippen molar-refractivity contribution < 1.29 is 4.74 Å². The number of ether oxygens (including phenoxy) is 1. The molecular weight excluding hydrogens is 248 g/mol. The summed E-state index contributed by atoms with van der Waals surface area (Å²) in [5.41, 5.74) is 1.25. The Bertz CT molecular complexity index is 379. The third-order valence-corrected chi connectivity index (χ3v) is 3.60. The van der Waals surface area contributed by atoms with Gasteiger partial charge in [0.2, 0.25) is 0 Å². The maximum absolute atomic E-state index is 5.76. The van der Waals surface area contributed by atoms with E-state index in [-0.39, 0.29) is 0 Å². The van der Waals surface area contributed by atoms with E-state index in [1.807, 2.05) is 20.0 Å². The molecule has 0 fully saturated rings. The Morgan fingerprint density at radius 1 is 1.20 bits per heavy atom. The Morgan fingerprint density at radius 3 is 2.45 bits per heavy atom. The molecule has 1 aromatic rings. The average molecular weight is 278 g/mol. The molecule has 1 N–H and O–H groups in total. The second-order valence-electron chi connectivity index (χ2n) is 5.40. The van der Waals surface area contributed by atoms with Crippen LogP contribution >= 0.6 is 0 Å². The molecule has 0 bridgehead atoms. The summed E-state index contributed by atoms with van der Waals surface area (Å²) >= 11 is 0. The first kappa shape index (κ1) is 17.0. The smallest absolute Gasteiger partial charge is 0.124 e. The van der Waals surface area contributed by atoms with Crippen molar-refractivity contribution in [3.63, 3.8) is 0 Å². The van der Waals surface area contributed by atoms with Gasteiger partial charge in [-0.15, -0.1) is 0 Å². The number of rotatable bonds is 9. The Kier molecular flexibility index (Phi) is 7.63. The van der Waals surface area contributed by atoms with Crippen LogP contribution in [0.15, 0.2) is 24.3 Å². The van der Waals surface area contributed by atoms with Gasteiger partial charge >= 0.3 is 0 Å². The van der Waals surface area contributed by atoms with Crippen molar-refractivity contribution in [2.75, 3.05) is 26.7 Å². The summed E-state index contributed by atoms with van der Waals surface area (Å²) in [5, 5.41) is 3.44. The Hall–Kier alpha value is -1.06. The fourth-order valence-corrected chi connectivity index (χ4v) is 2.48. The molecule has 0 amide bonds. The molecule has 1 aromatic carbocycles. The minimum atomic E-state index is 0.298. The molecule has 0 saturated carbocycles. The summed E-state index contributed by atoms with van der Waals surface area (Å²) in [6.45, 7) is 11.6. The number of nitrogens with one attached hydrogen (secondary N) is 1. The minimum absolute atomic E-state index is 0.298. The molecule has 0 aliphatic rings. The van der Waals surface area contributed by atoms with Gasteiger partial charge in [0.1, 0.15) is 5.75 Å². The molecule has 0 spiro atoms. The van der Waals surface area contributed by atoms with Gasteiger partial charge in [-0.25, -0.2) is 0 Å². The van der Waals surface area contributed by atoms with Crippen LogP contribution in [0.25, 0.3) is 0 Å². The zero-order valence-electron chi connectivity index (χ0n) is 13.6. The van der Waals surface area contributed by atoms with Gasteiger partial charge in [-0.1, -0.05) is 25.1 Å². The second kappa shape index (κ2) is 8.98. The molecule has 1 unspecified atom stereocenters. The Labute approximate surface area is 124 Å². The monoisotopic (exact) mass is 278 g/mol. The Balaban J connectivity index is 2.89. The number of likely N-dealkylation sites (N-methyl/N-ethyl adjacent to an activating group) is 1. The minimum Gasteiger partial charge on any atom is -0.494 e. The van der Waals surface area contributed by atoms with Crippen molar-refractivity contribution in [1.29, 1.82) is 0 Å². The van der Waals surface area contributed by atoms with Crippen molar-refractivity contribution in [1.82, 2.24) is 10.2 Å². The normalized spacial score (nSPS) is 12.9. The molecule has 0 saturated heterocycles. The number of hydrogen-bond donors (Lipinski definition) is 1. The molecule has 1 atom stereocenters. The molecule has 3 heteroatoms. The lowest BCUT2D eigenvalue weighted by Gasteiger charge is -2.31. The van der Waals surface area contributed by atoms with E-state index in [4.69, 9.17) is 4.74 Å². The van der Waals surface area contributed by atoms with Crippen molar-refractivity contribution in [2.24, 2.45) is 0 Å². The summed E-state index contributed by atoms with van der Waals surface area (Å²) in [6, 6.07) is 9.20. The van der Waals surface area contributed by atoms with Crippen LogP contribution < -0.4 is 10.1 Å². The van der Waals surface area contributed by atoms with Crippen LogP contribution in [0.3, 0.4) is 0 Å². The van der Waals surface area contributed by atoms with Gasteiger partial charge in [-0.2, -0.15) is 0 Å². The highest BCUT2D eigenvalue weighted by molar-refractivity contribution is 5.36. The van der Waals surface area contributed by atoms with Gasteiger partial charge in [0, 0.05) is 24.2 Å². The first-order chi connectivity index (χ1) is 9.63. The topological polar surface area (TPSA) is 24.5 Å². The molecule has 114 valence electrons. The van der Waals surface area contributed by atoms with E-state index in [0.29, 0.717) is 18.7 Å². The van der Waals surface area contributed by atoms with Crippen LogP contribution in [0, 0.1) is 0 Å². The van der Waals surface area contributed by atoms with Gasteiger partial charge in [0.05, 0.1) is 6.61 Å². The summed E-state index contributed by atoms with van der Waals surface area (Å²) < 4.78 is 5.76. The zero-order valence-corrected chi connectivity index (χ0v) is 13.6. The third-order valence-electron chi connectivity index (χ3n) is 3.60. The van der Waals surface area contributed by atoms with E-state index < -0.39 is 0 Å². The standard InChI is InChI=1S/C17H30N2O/c1-6-12-19(14(3)4)13-16(18-5)15-10-8-9-11-17(15)20-7-2/h8-11,14,16,18H,6-7,12-13H2,1-5H3. The van der Waals surface area contributed by atoms with Crippen molar-refractivity contribution in [2.45, 2.75) is 46.2 Å². The van der Waals surface area contributed by atoms with E-state index in [0.717, 1.165) is 18.8 Å². The molecule has 0 aliphatic carbocycles. The summed E-state index contributed by atoms with van der Waals surface area (Å²) in [6.07, 6.45) is 1.18. The van der Waals surface area contributed by atoms with E-state index in [9.17, 15) is 0 Å². The summed E-state index contributed by atoms with van der Waals surface area (Å²) in [7, 11) is 2.03. The average Bonchev–Trinajstić information content (AvgIpc) is 2.44. The number of nitrogens with zero attached hydrogens (tertiary/aromatic N) is 1. The van der Waals surface area contributed by atoms with Crippen LogP contribution in [-0.2, 0) is 0 Å². The number of para-hydroxylation sites is 1. The molecular formula is C17H30N2O. The van der Waals surface area contributed by atoms with Gasteiger partial charge in [0.25, 0.3) is 0 Å². The van der Waals surface area contributed by atoms with Crippen molar-refractivity contribution >= 4 is 0 Å². The first-order valence-corrected chi connectivity index (χ1v) is 7.77. The van der Waals surface area contributed by atoms with Gasteiger partial charge in [-0.3, -0.25) is 4.90 Å². The van der Waals surface area contributed by atoms with E-state index in [1.165, 1.54) is 12.0 Å². The largest absolute Gasteiger partial charge is 0.494 e. The molecule has 3 nitrogen and oxygen atoms in total. The van der Waals surface area contributed by atoms with Crippen LogP contribution in [0.2, 0.25) is 0 Å². The fourth-order valence-electron chi connectivity index (χ4n) is 2.48. The molecule has 0 aliphatic heterocycles. The summed E-state index contributed by atoms with van der Waals surface area (Å²) in [4.78, 5) is 2.52. The highest BCUT2D eigenvalue weighted by Crippen LogP contribution is 2.26. The maximum Gasteiger partial charge on any atom is 0.124 e. The van der Waals surface area contributed by atoms with Crippen molar-refractivity contribution in [3.8, 4) is 5.75 Å². The molecule has 0 heterocycles. The van der Waals surface area contributed by atoms with Crippen LogP contribution in [0.5, 0.6) is 5.75 Å². The van der Waals surface area contributed by atoms with Gasteiger partial charge in [-0.05, 0) is 46.9 Å². The first-order valence-electron chi connectivity index (χ1n) is 7.77. The van der Waals surface area contributed by atoms with E-state index in [2.05, 4.69) is 49.2 Å². The van der Waals surface area contributed by atoms with Gasteiger partial charge < -0.3 is 10.1 Å². The maximum atomic E-state index is 5.76. The molecule has 0 radical (unpaired) electrons. The lowest BCUT2D eigenvalue weighted by molar-refractivity contribution is 0.198. The van der Waals surface area contributed by atoms with E-state index >= 15 is 0 Å². The highest BCUT2D eigenvalue weighted by atomic mass is 16.5.